The van der Waals surface area contributed by atoms with E-state index in [1.54, 1.807) is 6.07 Å². The van der Waals surface area contributed by atoms with Gasteiger partial charge >= 0.3 is 0 Å². The topological polar surface area (TPSA) is 29.5 Å². The van der Waals surface area contributed by atoms with Crippen molar-refractivity contribution in [3.8, 4) is 5.75 Å². The van der Waals surface area contributed by atoms with Crippen LogP contribution >= 0.6 is 15.9 Å². The van der Waals surface area contributed by atoms with Crippen molar-refractivity contribution in [1.29, 1.82) is 0 Å². The zero-order valence-corrected chi connectivity index (χ0v) is 11.6. The molecule has 1 atom stereocenters. The maximum Gasteiger partial charge on any atom is 0.171 e. The standard InChI is InChI=1S/C14H11BrF2O2/c1-19-12-4-2-3-10(13(12)17)14(18)9-6-5-8(15)7-11(9)16/h2-7,14,18H,1H3. The summed E-state index contributed by atoms with van der Waals surface area (Å²) in [5, 5.41) is 10.1. The molecule has 2 aromatic rings. The second kappa shape index (κ2) is 5.67. The maximum absolute atomic E-state index is 14.0. The fourth-order valence-electron chi connectivity index (χ4n) is 1.79. The lowest BCUT2D eigenvalue weighted by molar-refractivity contribution is 0.208. The van der Waals surface area contributed by atoms with Crippen molar-refractivity contribution in [3.63, 3.8) is 0 Å². The van der Waals surface area contributed by atoms with Crippen LogP contribution in [-0.4, -0.2) is 12.2 Å². The van der Waals surface area contributed by atoms with Crippen LogP contribution < -0.4 is 4.74 Å². The number of benzene rings is 2. The molecule has 2 nitrogen and oxygen atoms in total. The molecule has 0 saturated carbocycles. The summed E-state index contributed by atoms with van der Waals surface area (Å²) < 4.78 is 33.1. The first-order valence-electron chi connectivity index (χ1n) is 5.50. The number of halogens is 3. The molecule has 0 heterocycles. The third-order valence-corrected chi connectivity index (χ3v) is 3.26. The summed E-state index contributed by atoms with van der Waals surface area (Å²) in [7, 11) is 1.33. The van der Waals surface area contributed by atoms with Crippen LogP contribution in [0.4, 0.5) is 8.78 Å². The number of rotatable bonds is 3. The van der Waals surface area contributed by atoms with E-state index in [1.807, 2.05) is 0 Å². The monoisotopic (exact) mass is 328 g/mol. The highest BCUT2D eigenvalue weighted by Crippen LogP contribution is 2.31. The summed E-state index contributed by atoms with van der Waals surface area (Å²) in [6.45, 7) is 0. The van der Waals surface area contributed by atoms with Crippen LogP contribution in [0.3, 0.4) is 0 Å². The summed E-state index contributed by atoms with van der Waals surface area (Å²) in [6, 6.07) is 8.57. The van der Waals surface area contributed by atoms with Gasteiger partial charge in [-0.25, -0.2) is 8.78 Å². The largest absolute Gasteiger partial charge is 0.494 e. The first-order valence-corrected chi connectivity index (χ1v) is 6.29. The van der Waals surface area contributed by atoms with Gasteiger partial charge in [0.1, 0.15) is 11.9 Å². The normalized spacial score (nSPS) is 12.3. The molecule has 0 fully saturated rings. The lowest BCUT2D eigenvalue weighted by Gasteiger charge is -2.15. The van der Waals surface area contributed by atoms with E-state index < -0.39 is 17.7 Å². The molecule has 19 heavy (non-hydrogen) atoms. The van der Waals surface area contributed by atoms with Crippen molar-refractivity contribution >= 4 is 15.9 Å². The molecule has 2 rings (SSSR count). The van der Waals surface area contributed by atoms with E-state index in [1.165, 1.54) is 37.4 Å². The highest BCUT2D eigenvalue weighted by atomic mass is 79.9. The molecule has 0 spiro atoms. The van der Waals surface area contributed by atoms with Gasteiger partial charge in [0.05, 0.1) is 7.11 Å². The molecule has 0 amide bonds. The summed E-state index contributed by atoms with van der Waals surface area (Å²) >= 11 is 3.12. The van der Waals surface area contributed by atoms with E-state index in [4.69, 9.17) is 4.74 Å². The molecule has 0 aliphatic heterocycles. The molecule has 0 radical (unpaired) electrons. The summed E-state index contributed by atoms with van der Waals surface area (Å²) in [4.78, 5) is 0. The molecule has 1 unspecified atom stereocenters. The lowest BCUT2D eigenvalue weighted by atomic mass is 10.0. The predicted octanol–water partition coefficient (Wildman–Crippen LogP) is 3.82. The molecule has 0 bridgehead atoms. The van der Waals surface area contributed by atoms with Gasteiger partial charge in [0.25, 0.3) is 0 Å². The van der Waals surface area contributed by atoms with Gasteiger partial charge in [0.15, 0.2) is 11.6 Å². The van der Waals surface area contributed by atoms with Crippen molar-refractivity contribution in [3.05, 3.63) is 63.6 Å². The Morgan fingerprint density at radius 3 is 2.53 bits per heavy atom. The average Bonchev–Trinajstić information content (AvgIpc) is 2.38. The van der Waals surface area contributed by atoms with Gasteiger partial charge in [-0.3, -0.25) is 0 Å². The SMILES string of the molecule is COc1cccc(C(O)c2ccc(Br)cc2F)c1F. The first-order chi connectivity index (χ1) is 9.04. The van der Waals surface area contributed by atoms with Crippen molar-refractivity contribution in [2.24, 2.45) is 0 Å². The van der Waals surface area contributed by atoms with Crippen LogP contribution in [0.25, 0.3) is 0 Å². The number of methoxy groups -OCH3 is 1. The molecule has 0 aromatic heterocycles. The summed E-state index contributed by atoms with van der Waals surface area (Å²) in [5.41, 5.74) is -0.0177. The van der Waals surface area contributed by atoms with Crippen molar-refractivity contribution in [1.82, 2.24) is 0 Å². The second-order valence-corrected chi connectivity index (χ2v) is 4.85. The van der Waals surface area contributed by atoms with Gasteiger partial charge in [-0.2, -0.15) is 0 Å². The van der Waals surface area contributed by atoms with Crippen LogP contribution in [-0.2, 0) is 0 Å². The Labute approximate surface area is 117 Å². The predicted molar refractivity (Wildman–Crippen MR) is 71.1 cm³/mol. The van der Waals surface area contributed by atoms with E-state index in [9.17, 15) is 13.9 Å². The lowest BCUT2D eigenvalue weighted by Crippen LogP contribution is -2.06. The Balaban J connectivity index is 2.47. The molecular formula is C14H11BrF2O2. The van der Waals surface area contributed by atoms with Crippen LogP contribution in [0.2, 0.25) is 0 Å². The van der Waals surface area contributed by atoms with Crippen LogP contribution in [0, 0.1) is 11.6 Å². The molecule has 1 N–H and O–H groups in total. The van der Waals surface area contributed by atoms with Gasteiger partial charge in [0.2, 0.25) is 0 Å². The molecule has 100 valence electrons. The van der Waals surface area contributed by atoms with Gasteiger partial charge in [-0.15, -0.1) is 0 Å². The number of hydrogen-bond acceptors (Lipinski definition) is 2. The molecular weight excluding hydrogens is 318 g/mol. The number of aliphatic hydroxyl groups excluding tert-OH is 1. The van der Waals surface area contributed by atoms with Crippen LogP contribution in [0.5, 0.6) is 5.75 Å². The van der Waals surface area contributed by atoms with Crippen molar-refractivity contribution in [2.75, 3.05) is 7.11 Å². The minimum absolute atomic E-state index is 0.00840. The average molecular weight is 329 g/mol. The van der Waals surface area contributed by atoms with Gasteiger partial charge < -0.3 is 9.84 Å². The number of ether oxygens (including phenoxy) is 1. The van der Waals surface area contributed by atoms with Gasteiger partial charge in [0, 0.05) is 15.6 Å². The maximum atomic E-state index is 14.0. The third-order valence-electron chi connectivity index (χ3n) is 2.76. The third kappa shape index (κ3) is 2.77. The zero-order chi connectivity index (χ0) is 14.0. The van der Waals surface area contributed by atoms with E-state index in [0.717, 1.165) is 0 Å². The quantitative estimate of drug-likeness (QED) is 0.928. The Hall–Kier alpha value is -1.46. The molecule has 0 aliphatic carbocycles. The van der Waals surface area contributed by atoms with Crippen LogP contribution in [0.15, 0.2) is 40.9 Å². The fraction of sp³-hybridized carbons (Fsp3) is 0.143. The first kappa shape index (κ1) is 14.0. The Morgan fingerprint density at radius 2 is 1.89 bits per heavy atom. The molecule has 0 saturated heterocycles. The van der Waals surface area contributed by atoms with E-state index in [2.05, 4.69) is 15.9 Å². The van der Waals surface area contributed by atoms with Gasteiger partial charge in [-0.05, 0) is 18.2 Å². The second-order valence-electron chi connectivity index (χ2n) is 3.93. The van der Waals surface area contributed by atoms with E-state index in [0.29, 0.717) is 4.47 Å². The highest BCUT2D eigenvalue weighted by Gasteiger charge is 2.20. The Bertz CT molecular complexity index is 602. The minimum Gasteiger partial charge on any atom is -0.494 e. The van der Waals surface area contributed by atoms with Crippen molar-refractivity contribution in [2.45, 2.75) is 6.10 Å². The van der Waals surface area contributed by atoms with Crippen molar-refractivity contribution < 1.29 is 18.6 Å². The smallest absolute Gasteiger partial charge is 0.171 e. The molecule has 2 aromatic carbocycles. The summed E-state index contributed by atoms with van der Waals surface area (Å²) in [5.74, 6) is -1.29. The zero-order valence-electron chi connectivity index (χ0n) is 10.0. The Morgan fingerprint density at radius 1 is 1.16 bits per heavy atom. The molecule has 0 aliphatic rings. The van der Waals surface area contributed by atoms with Crippen LogP contribution in [0.1, 0.15) is 17.2 Å². The van der Waals surface area contributed by atoms with E-state index in [-0.39, 0.29) is 16.9 Å². The Kier molecular flexibility index (Phi) is 4.17. The minimum atomic E-state index is -1.39. The number of hydrogen-bond donors (Lipinski definition) is 1. The highest BCUT2D eigenvalue weighted by molar-refractivity contribution is 9.10. The summed E-state index contributed by atoms with van der Waals surface area (Å²) in [6.07, 6.45) is -1.39. The molecule has 5 heteroatoms. The van der Waals surface area contributed by atoms with Gasteiger partial charge in [-0.1, -0.05) is 34.1 Å². The van der Waals surface area contributed by atoms with E-state index >= 15 is 0 Å². The fourth-order valence-corrected chi connectivity index (χ4v) is 2.12. The number of aliphatic hydroxyl groups is 1.